The summed E-state index contributed by atoms with van der Waals surface area (Å²) in [7, 11) is 0. The Morgan fingerprint density at radius 2 is 1.38 bits per heavy atom. The summed E-state index contributed by atoms with van der Waals surface area (Å²) in [4.78, 5) is 10.9. The summed E-state index contributed by atoms with van der Waals surface area (Å²) in [6.45, 7) is 3.54. The van der Waals surface area contributed by atoms with E-state index >= 15 is 0 Å². The van der Waals surface area contributed by atoms with Crippen LogP contribution < -0.4 is 0 Å². The molecule has 26 heavy (non-hydrogen) atoms. The maximum Gasteiger partial charge on any atom is 0.490 e. The molecular formula is C15H17F9O2. The van der Waals surface area contributed by atoms with Crippen molar-refractivity contribution in [2.45, 2.75) is 57.2 Å². The molecule has 0 aromatic heterocycles. The number of hydrogen-bond donors (Lipinski definition) is 0. The van der Waals surface area contributed by atoms with Crippen molar-refractivity contribution in [3.8, 4) is 0 Å². The van der Waals surface area contributed by atoms with Crippen LogP contribution in [0.3, 0.4) is 0 Å². The maximum absolute atomic E-state index is 13.3. The van der Waals surface area contributed by atoms with Gasteiger partial charge in [0, 0.05) is 6.42 Å². The number of alkyl halides is 9. The smallest absolute Gasteiger partial charge is 0.433 e. The van der Waals surface area contributed by atoms with Crippen LogP contribution in [-0.4, -0.2) is 30.1 Å². The number of hydrogen-bond acceptors (Lipinski definition) is 2. The molecule has 2 bridgehead atoms. The second-order valence-electron chi connectivity index (χ2n) is 7.29. The van der Waals surface area contributed by atoms with E-state index in [1.165, 1.54) is 0 Å². The van der Waals surface area contributed by atoms with Crippen molar-refractivity contribution in [3.63, 3.8) is 0 Å². The van der Waals surface area contributed by atoms with Crippen LogP contribution in [0.15, 0.2) is 0 Å². The minimum Gasteiger partial charge on any atom is -0.433 e. The number of fused-ring (bicyclic) bond motifs is 2. The second kappa shape index (κ2) is 6.19. The number of esters is 1. The first-order valence-corrected chi connectivity index (χ1v) is 7.95. The van der Waals surface area contributed by atoms with E-state index in [1.807, 2.05) is 6.92 Å². The van der Waals surface area contributed by atoms with E-state index in [-0.39, 0.29) is 24.2 Å². The summed E-state index contributed by atoms with van der Waals surface area (Å²) in [5.74, 6) is -5.25. The average Bonchev–Trinajstić information content (AvgIpc) is 2.95. The number of rotatable bonds is 3. The van der Waals surface area contributed by atoms with Gasteiger partial charge < -0.3 is 4.74 Å². The van der Waals surface area contributed by atoms with E-state index in [0.717, 1.165) is 0 Å². The highest BCUT2D eigenvalue weighted by Crippen LogP contribution is 2.60. The minimum absolute atomic E-state index is 0.0354. The van der Waals surface area contributed by atoms with Crippen molar-refractivity contribution in [1.82, 2.24) is 0 Å². The summed E-state index contributed by atoms with van der Waals surface area (Å²) in [6.07, 6.45) is -19.7. The lowest BCUT2D eigenvalue weighted by atomic mass is 9.71. The lowest BCUT2D eigenvalue weighted by molar-refractivity contribution is -0.380. The van der Waals surface area contributed by atoms with Crippen molar-refractivity contribution in [1.29, 1.82) is 0 Å². The third kappa shape index (κ3) is 3.37. The Labute approximate surface area is 143 Å². The van der Waals surface area contributed by atoms with Crippen LogP contribution in [0.4, 0.5) is 39.5 Å². The van der Waals surface area contributed by atoms with Gasteiger partial charge in [-0.3, -0.25) is 0 Å². The first-order valence-electron chi connectivity index (χ1n) is 7.95. The normalized spacial score (nSPS) is 32.8. The van der Waals surface area contributed by atoms with E-state index in [4.69, 9.17) is 0 Å². The van der Waals surface area contributed by atoms with Crippen LogP contribution in [0.1, 0.15) is 33.1 Å². The molecule has 0 aromatic carbocycles. The molecule has 5 atom stereocenters. The molecule has 0 amide bonds. The predicted octanol–water partition coefficient (Wildman–Crippen LogP) is 5.27. The largest absolute Gasteiger partial charge is 0.490 e. The fourth-order valence-corrected chi connectivity index (χ4v) is 4.46. The standard InChI is InChI=1S/C15H17F9O2/c1-6-7(2)10-4-8(6)3-9(10)5-12(14(19,20)21,15(22,23)24)26-11(25)13(16,17)18/h6-10H,3-5H2,1-2H3. The monoisotopic (exact) mass is 400 g/mol. The molecular weight excluding hydrogens is 383 g/mol. The molecule has 0 radical (unpaired) electrons. The molecule has 2 nitrogen and oxygen atoms in total. The summed E-state index contributed by atoms with van der Waals surface area (Å²) in [5.41, 5.74) is -5.18. The van der Waals surface area contributed by atoms with Crippen LogP contribution in [-0.2, 0) is 9.53 Å². The molecule has 2 saturated carbocycles. The number of halogens is 9. The van der Waals surface area contributed by atoms with E-state index in [0.29, 0.717) is 6.42 Å². The van der Waals surface area contributed by atoms with Gasteiger partial charge in [0.2, 0.25) is 0 Å². The first kappa shape index (κ1) is 21.1. The summed E-state index contributed by atoms with van der Waals surface area (Å²) in [5, 5.41) is 0. The Bertz CT molecular complexity index is 533. The number of carbonyl (C=O) groups excluding carboxylic acids is 1. The van der Waals surface area contributed by atoms with E-state index in [1.54, 1.807) is 6.92 Å². The molecule has 0 N–H and O–H groups in total. The molecule has 11 heteroatoms. The van der Waals surface area contributed by atoms with Gasteiger partial charge in [-0.25, -0.2) is 4.79 Å². The molecule has 152 valence electrons. The Balaban J connectivity index is 2.39. The maximum atomic E-state index is 13.3. The molecule has 0 aliphatic heterocycles. The second-order valence-corrected chi connectivity index (χ2v) is 7.29. The zero-order chi connectivity index (χ0) is 20.3. The Kier molecular flexibility index (Phi) is 5.03. The molecule has 2 aliphatic carbocycles. The van der Waals surface area contributed by atoms with Gasteiger partial charge in [0.25, 0.3) is 0 Å². The highest BCUT2D eigenvalue weighted by molar-refractivity contribution is 5.76. The first-order chi connectivity index (χ1) is 11.5. The van der Waals surface area contributed by atoms with E-state index < -0.39 is 48.4 Å². The van der Waals surface area contributed by atoms with Crippen LogP contribution in [0.25, 0.3) is 0 Å². The summed E-state index contributed by atoms with van der Waals surface area (Å²) < 4.78 is 120. The Morgan fingerprint density at radius 1 is 0.885 bits per heavy atom. The highest BCUT2D eigenvalue weighted by Gasteiger charge is 2.76. The van der Waals surface area contributed by atoms with Crippen LogP contribution >= 0.6 is 0 Å². The molecule has 5 unspecified atom stereocenters. The van der Waals surface area contributed by atoms with Gasteiger partial charge in [0.05, 0.1) is 0 Å². The van der Waals surface area contributed by atoms with Gasteiger partial charge in [-0.2, -0.15) is 39.5 Å². The molecule has 0 spiro atoms. The molecule has 2 fully saturated rings. The molecule has 0 saturated heterocycles. The topological polar surface area (TPSA) is 26.3 Å². The van der Waals surface area contributed by atoms with Gasteiger partial charge in [0.15, 0.2) is 0 Å². The lowest BCUT2D eigenvalue weighted by Crippen LogP contribution is -2.62. The zero-order valence-electron chi connectivity index (χ0n) is 13.7. The van der Waals surface area contributed by atoms with E-state index in [2.05, 4.69) is 4.74 Å². The SMILES string of the molecule is CC1C2CC(CC(OC(=O)C(F)(F)F)(C(F)(F)F)C(F)(F)F)C(C2)C1C. The molecule has 2 rings (SSSR count). The van der Waals surface area contributed by atoms with E-state index in [9.17, 15) is 44.3 Å². The Morgan fingerprint density at radius 3 is 1.73 bits per heavy atom. The highest BCUT2D eigenvalue weighted by atomic mass is 19.4. The molecule has 2 aliphatic rings. The summed E-state index contributed by atoms with van der Waals surface area (Å²) >= 11 is 0. The fraction of sp³-hybridized carbons (Fsp3) is 0.933. The van der Waals surface area contributed by atoms with Crippen LogP contribution in [0, 0.1) is 29.6 Å². The third-order valence-corrected chi connectivity index (χ3v) is 6.00. The van der Waals surface area contributed by atoms with Gasteiger partial charge in [-0.1, -0.05) is 13.8 Å². The quantitative estimate of drug-likeness (QED) is 0.476. The van der Waals surface area contributed by atoms with Gasteiger partial charge in [-0.05, 0) is 42.4 Å². The zero-order valence-corrected chi connectivity index (χ0v) is 13.7. The Hall–Kier alpha value is -1.16. The van der Waals surface area contributed by atoms with Crippen molar-refractivity contribution >= 4 is 5.97 Å². The van der Waals surface area contributed by atoms with Gasteiger partial charge in [0.1, 0.15) is 0 Å². The molecule has 0 aromatic rings. The van der Waals surface area contributed by atoms with Crippen molar-refractivity contribution < 1.29 is 49.0 Å². The number of carbonyl (C=O) groups is 1. The predicted molar refractivity (Wildman–Crippen MR) is 69.6 cm³/mol. The lowest BCUT2D eigenvalue weighted by Gasteiger charge is -2.41. The average molecular weight is 400 g/mol. The number of ether oxygens (including phenoxy) is 1. The summed E-state index contributed by atoms with van der Waals surface area (Å²) in [6, 6.07) is 0. The van der Waals surface area contributed by atoms with Gasteiger partial charge >= 0.3 is 30.1 Å². The minimum atomic E-state index is -6.23. The van der Waals surface area contributed by atoms with Crippen molar-refractivity contribution in [3.05, 3.63) is 0 Å². The van der Waals surface area contributed by atoms with Crippen LogP contribution in [0.5, 0.6) is 0 Å². The van der Waals surface area contributed by atoms with Crippen LogP contribution in [0.2, 0.25) is 0 Å². The van der Waals surface area contributed by atoms with Crippen molar-refractivity contribution in [2.24, 2.45) is 29.6 Å². The fourth-order valence-electron chi connectivity index (χ4n) is 4.46. The van der Waals surface area contributed by atoms with Gasteiger partial charge in [-0.15, -0.1) is 0 Å². The van der Waals surface area contributed by atoms with Crippen molar-refractivity contribution in [2.75, 3.05) is 0 Å². The molecule has 0 heterocycles. The third-order valence-electron chi connectivity index (χ3n) is 6.00.